The summed E-state index contributed by atoms with van der Waals surface area (Å²) in [7, 11) is 0. The molecule has 0 spiro atoms. The van der Waals surface area contributed by atoms with Crippen LogP contribution in [0.2, 0.25) is 0 Å². The number of hydrogen-bond donors (Lipinski definition) is 2. The molecule has 3 N–H and O–H groups in total. The summed E-state index contributed by atoms with van der Waals surface area (Å²) in [6.07, 6.45) is 3.02. The van der Waals surface area contributed by atoms with Gasteiger partial charge in [0.1, 0.15) is 11.5 Å². The number of aromatic nitrogens is 2. The second-order valence-corrected chi connectivity index (χ2v) is 4.77. The maximum absolute atomic E-state index is 14.0. The number of nitrogens with two attached hydrogens (primary N) is 1. The van der Waals surface area contributed by atoms with Gasteiger partial charge in [0.25, 0.3) is 0 Å². The molecule has 0 radical (unpaired) electrons. The lowest BCUT2D eigenvalue weighted by molar-refractivity contribution is 0.103. The van der Waals surface area contributed by atoms with Crippen LogP contribution in [-0.2, 0) is 0 Å². The van der Waals surface area contributed by atoms with Gasteiger partial charge in [0, 0.05) is 23.3 Å². The molecule has 3 rings (SSSR count). The minimum atomic E-state index is -1.05. The van der Waals surface area contributed by atoms with Crippen molar-refractivity contribution in [3.63, 3.8) is 0 Å². The summed E-state index contributed by atoms with van der Waals surface area (Å²) in [5.41, 5.74) is 5.95. The number of carbonyl (C=O) groups excluding carboxylic acids is 1. The number of benzene rings is 1. The van der Waals surface area contributed by atoms with E-state index in [0.29, 0.717) is 11.0 Å². The van der Waals surface area contributed by atoms with Crippen LogP contribution in [0.3, 0.4) is 0 Å². The van der Waals surface area contributed by atoms with Gasteiger partial charge < -0.3 is 10.7 Å². The first kappa shape index (κ1) is 16.6. The zero-order chi connectivity index (χ0) is 17.1. The maximum atomic E-state index is 14.0. The molecule has 2 aromatic heterocycles. The van der Waals surface area contributed by atoms with Gasteiger partial charge in [0.2, 0.25) is 5.78 Å². The molecular formula is C17H17F2N3O. The topological polar surface area (TPSA) is 71.8 Å². The Kier molecular flexibility index (Phi) is 4.74. The third-order valence-corrected chi connectivity index (χ3v) is 3.26. The number of rotatable bonds is 2. The summed E-state index contributed by atoms with van der Waals surface area (Å²) >= 11 is 0. The van der Waals surface area contributed by atoms with Crippen molar-refractivity contribution < 1.29 is 13.6 Å². The van der Waals surface area contributed by atoms with Crippen LogP contribution in [-0.4, -0.2) is 15.8 Å². The number of hydrogen-bond acceptors (Lipinski definition) is 3. The minimum absolute atomic E-state index is 0.157. The van der Waals surface area contributed by atoms with Crippen molar-refractivity contribution in [2.24, 2.45) is 0 Å². The number of nitrogen functional groups attached to an aromatic ring is 1. The van der Waals surface area contributed by atoms with E-state index in [1.165, 1.54) is 6.20 Å². The van der Waals surface area contributed by atoms with Gasteiger partial charge in [-0.25, -0.2) is 13.8 Å². The first-order chi connectivity index (χ1) is 11.0. The largest absolute Gasteiger partial charge is 0.396 e. The van der Waals surface area contributed by atoms with E-state index >= 15 is 0 Å². The standard InChI is InChI=1S/C15H11F2N3O.C2H6/c1-7-4-8-9(6-20-15(8)19-5-7)14(21)12-10(16)2-3-11(18)13(12)17;1-2/h2-6H,18H2,1H3,(H,19,20);1-2H3. The van der Waals surface area contributed by atoms with Gasteiger partial charge in [-0.15, -0.1) is 0 Å². The van der Waals surface area contributed by atoms with Crippen LogP contribution in [0.4, 0.5) is 14.5 Å². The van der Waals surface area contributed by atoms with Crippen molar-refractivity contribution in [2.45, 2.75) is 20.8 Å². The van der Waals surface area contributed by atoms with Crippen LogP contribution in [0.1, 0.15) is 35.3 Å². The number of ketones is 1. The van der Waals surface area contributed by atoms with Crippen LogP contribution in [0, 0.1) is 18.6 Å². The second-order valence-electron chi connectivity index (χ2n) is 4.77. The molecule has 0 fully saturated rings. The van der Waals surface area contributed by atoms with Crippen LogP contribution in [0.5, 0.6) is 0 Å². The maximum Gasteiger partial charge on any atom is 0.201 e. The van der Waals surface area contributed by atoms with Gasteiger partial charge in [-0.2, -0.15) is 0 Å². The number of halogens is 2. The van der Waals surface area contributed by atoms with Gasteiger partial charge in [0.15, 0.2) is 5.82 Å². The molecular weight excluding hydrogens is 300 g/mol. The van der Waals surface area contributed by atoms with E-state index in [0.717, 1.165) is 17.7 Å². The highest BCUT2D eigenvalue weighted by atomic mass is 19.1. The van der Waals surface area contributed by atoms with E-state index in [4.69, 9.17) is 5.73 Å². The number of nitrogens with zero attached hydrogens (tertiary/aromatic N) is 1. The molecule has 0 aliphatic rings. The van der Waals surface area contributed by atoms with Crippen molar-refractivity contribution in [1.29, 1.82) is 0 Å². The number of aromatic amines is 1. The van der Waals surface area contributed by atoms with E-state index in [2.05, 4.69) is 9.97 Å². The molecule has 2 heterocycles. The Bertz CT molecular complexity index is 872. The van der Waals surface area contributed by atoms with Crippen molar-refractivity contribution in [3.8, 4) is 0 Å². The summed E-state index contributed by atoms with van der Waals surface area (Å²) < 4.78 is 27.8. The molecule has 0 aliphatic heterocycles. The Labute approximate surface area is 132 Å². The molecule has 4 nitrogen and oxygen atoms in total. The van der Waals surface area contributed by atoms with Gasteiger partial charge in [-0.05, 0) is 30.7 Å². The zero-order valence-corrected chi connectivity index (χ0v) is 13.1. The number of pyridine rings is 1. The normalized spacial score (nSPS) is 10.3. The Morgan fingerprint density at radius 3 is 2.65 bits per heavy atom. The Morgan fingerprint density at radius 2 is 1.96 bits per heavy atom. The number of carbonyl (C=O) groups is 1. The number of H-pyrrole nitrogens is 1. The number of aryl methyl sites for hydroxylation is 1. The summed E-state index contributed by atoms with van der Waals surface area (Å²) in [4.78, 5) is 19.4. The predicted octanol–water partition coefficient (Wildman–Crippen LogP) is 3.99. The smallest absolute Gasteiger partial charge is 0.201 e. The lowest BCUT2D eigenvalue weighted by Gasteiger charge is -2.05. The average Bonchev–Trinajstić information content (AvgIpc) is 2.96. The van der Waals surface area contributed by atoms with Crippen molar-refractivity contribution in [1.82, 2.24) is 9.97 Å². The molecule has 0 saturated carbocycles. The van der Waals surface area contributed by atoms with Gasteiger partial charge >= 0.3 is 0 Å². The average molecular weight is 317 g/mol. The Balaban J connectivity index is 0.000000924. The van der Waals surface area contributed by atoms with Crippen molar-refractivity contribution in [2.75, 3.05) is 5.73 Å². The van der Waals surface area contributed by atoms with Gasteiger partial charge in [-0.3, -0.25) is 4.79 Å². The first-order valence-corrected chi connectivity index (χ1v) is 7.21. The van der Waals surface area contributed by atoms with Crippen LogP contribution in [0.25, 0.3) is 11.0 Å². The number of nitrogens with one attached hydrogen (secondary N) is 1. The fourth-order valence-electron chi connectivity index (χ4n) is 2.21. The van der Waals surface area contributed by atoms with Crippen LogP contribution in [0.15, 0.2) is 30.6 Å². The molecule has 6 heteroatoms. The molecule has 0 unspecified atom stereocenters. The summed E-state index contributed by atoms with van der Waals surface area (Å²) in [6, 6.07) is 3.79. The van der Waals surface area contributed by atoms with Crippen molar-refractivity contribution >= 4 is 22.5 Å². The number of fused-ring (bicyclic) bond motifs is 1. The van der Waals surface area contributed by atoms with E-state index in [1.807, 2.05) is 20.8 Å². The fourth-order valence-corrected chi connectivity index (χ4v) is 2.21. The van der Waals surface area contributed by atoms with Crippen molar-refractivity contribution in [3.05, 3.63) is 58.9 Å². The highest BCUT2D eigenvalue weighted by molar-refractivity contribution is 6.16. The SMILES string of the molecule is CC.Cc1cnc2[nH]cc(C(=O)c3c(F)ccc(N)c3F)c2c1. The van der Waals surface area contributed by atoms with E-state index in [1.54, 1.807) is 12.3 Å². The molecule has 0 bridgehead atoms. The quantitative estimate of drug-likeness (QED) is 0.554. The van der Waals surface area contributed by atoms with Crippen LogP contribution < -0.4 is 5.73 Å². The molecule has 0 aliphatic carbocycles. The van der Waals surface area contributed by atoms with E-state index < -0.39 is 23.0 Å². The highest BCUT2D eigenvalue weighted by Crippen LogP contribution is 2.25. The molecule has 1 aromatic carbocycles. The third-order valence-electron chi connectivity index (χ3n) is 3.26. The summed E-state index contributed by atoms with van der Waals surface area (Å²) in [6.45, 7) is 5.81. The molecule has 0 saturated heterocycles. The zero-order valence-electron chi connectivity index (χ0n) is 13.1. The first-order valence-electron chi connectivity index (χ1n) is 7.21. The molecule has 0 atom stereocenters. The summed E-state index contributed by atoms with van der Waals surface area (Å²) in [5.74, 6) is -2.76. The van der Waals surface area contributed by atoms with Gasteiger partial charge in [-0.1, -0.05) is 13.8 Å². The minimum Gasteiger partial charge on any atom is -0.396 e. The van der Waals surface area contributed by atoms with E-state index in [9.17, 15) is 13.6 Å². The van der Waals surface area contributed by atoms with Gasteiger partial charge in [0.05, 0.1) is 11.3 Å². The van der Waals surface area contributed by atoms with Crippen LogP contribution >= 0.6 is 0 Å². The lowest BCUT2D eigenvalue weighted by atomic mass is 10.0. The Morgan fingerprint density at radius 1 is 1.26 bits per heavy atom. The molecule has 0 amide bonds. The summed E-state index contributed by atoms with van der Waals surface area (Å²) in [5, 5.41) is 0.515. The highest BCUT2D eigenvalue weighted by Gasteiger charge is 2.23. The monoisotopic (exact) mass is 317 g/mol. The number of anilines is 1. The third kappa shape index (κ3) is 2.92. The molecule has 3 aromatic rings. The lowest BCUT2D eigenvalue weighted by Crippen LogP contribution is -2.09. The molecule has 120 valence electrons. The van der Waals surface area contributed by atoms with E-state index in [-0.39, 0.29) is 11.3 Å². The molecule has 23 heavy (non-hydrogen) atoms. The fraction of sp³-hybridized carbons (Fsp3) is 0.176. The Hall–Kier alpha value is -2.76. The second kappa shape index (κ2) is 6.56. The predicted molar refractivity (Wildman–Crippen MR) is 86.4 cm³/mol.